The van der Waals surface area contributed by atoms with Crippen molar-refractivity contribution in [1.29, 1.82) is 0 Å². The number of nitrogens with zero attached hydrogens (tertiary/aromatic N) is 2. The molecule has 2 amide bonds. The van der Waals surface area contributed by atoms with Gasteiger partial charge in [-0.05, 0) is 12.7 Å². The Morgan fingerprint density at radius 3 is 1.60 bits per heavy atom. The van der Waals surface area contributed by atoms with E-state index >= 15 is 0 Å². The number of rotatable bonds is 14. The number of carbonyl (C=O) groups is 2. The Hall–Kier alpha value is 0.170. The molecule has 25 heavy (non-hydrogen) atoms. The van der Waals surface area contributed by atoms with Crippen molar-refractivity contribution >= 4 is 23.6 Å². The fourth-order valence-electron chi connectivity index (χ4n) is 1.86. The predicted molar refractivity (Wildman–Crippen MR) is 96.3 cm³/mol. The van der Waals surface area contributed by atoms with Crippen molar-refractivity contribution < 1.29 is 53.4 Å². The van der Waals surface area contributed by atoms with Crippen LogP contribution < -0.4 is 29.6 Å². The van der Waals surface area contributed by atoms with Gasteiger partial charge in [-0.2, -0.15) is 11.8 Å². The summed E-state index contributed by atoms with van der Waals surface area (Å²) >= 11 is 1.75. The third-order valence-corrected chi connectivity index (χ3v) is 3.78. The second kappa shape index (κ2) is 17.6. The van der Waals surface area contributed by atoms with Crippen LogP contribution in [0.3, 0.4) is 0 Å². The second-order valence-corrected chi connectivity index (χ2v) is 6.62. The number of amides is 2. The normalized spacial score (nSPS) is 10.5. The van der Waals surface area contributed by atoms with Gasteiger partial charge in [0.2, 0.25) is 11.8 Å². The van der Waals surface area contributed by atoms with Gasteiger partial charge < -0.3 is 24.0 Å². The molecule has 0 spiro atoms. The van der Waals surface area contributed by atoms with E-state index in [1.54, 1.807) is 40.0 Å². The van der Waals surface area contributed by atoms with E-state index in [1.807, 2.05) is 6.26 Å². The quantitative estimate of drug-likeness (QED) is 0.188. The molecule has 0 bridgehead atoms. The minimum Gasteiger partial charge on any atom is -0.379 e. The Morgan fingerprint density at radius 2 is 1.20 bits per heavy atom. The van der Waals surface area contributed by atoms with Crippen molar-refractivity contribution in [1.82, 2.24) is 9.80 Å². The van der Waals surface area contributed by atoms with Crippen LogP contribution in [0.2, 0.25) is 0 Å². The Bertz CT molecular complexity index is 339. The molecule has 0 aromatic carbocycles. The molecule has 0 aromatic heterocycles. The first-order valence-corrected chi connectivity index (χ1v) is 9.45. The van der Waals surface area contributed by atoms with Gasteiger partial charge in [-0.15, -0.1) is 0 Å². The van der Waals surface area contributed by atoms with Gasteiger partial charge >= 0.3 is 29.6 Å². The second-order valence-electron chi connectivity index (χ2n) is 5.64. The van der Waals surface area contributed by atoms with Gasteiger partial charge in [0, 0.05) is 40.6 Å². The molecule has 0 saturated carbocycles. The van der Waals surface area contributed by atoms with E-state index in [1.165, 1.54) is 9.80 Å². The van der Waals surface area contributed by atoms with Crippen LogP contribution in [0.1, 0.15) is 6.42 Å². The number of hydrogen-bond acceptors (Lipinski definition) is 6. The molecule has 0 fully saturated rings. The molecule has 0 aromatic rings. The molecule has 0 aliphatic rings. The first kappa shape index (κ1) is 27.4. The number of hydrogen-bond donors (Lipinski definition) is 0. The number of ether oxygens (including phenoxy) is 3. The van der Waals surface area contributed by atoms with Crippen LogP contribution in [0.25, 0.3) is 0 Å². The smallest absolute Gasteiger partial charge is 0.379 e. The summed E-state index contributed by atoms with van der Waals surface area (Å²) in [6.07, 6.45) is 2.41. The van der Waals surface area contributed by atoms with Gasteiger partial charge in [-0.3, -0.25) is 9.59 Å². The zero-order valence-electron chi connectivity index (χ0n) is 16.6. The number of carbonyl (C=O) groups excluding carboxylic acids is 2. The minimum absolute atomic E-state index is 0. The van der Waals surface area contributed by atoms with Crippen LogP contribution in [0, 0.1) is 5.92 Å². The van der Waals surface area contributed by atoms with E-state index in [-0.39, 0.29) is 41.4 Å². The minimum atomic E-state index is -0.694. The summed E-state index contributed by atoms with van der Waals surface area (Å²) in [5.41, 5.74) is 0. The van der Waals surface area contributed by atoms with Gasteiger partial charge in [-0.25, -0.2) is 0 Å². The monoisotopic (exact) mass is 387 g/mol. The van der Waals surface area contributed by atoms with E-state index in [0.717, 1.165) is 12.4 Å². The summed E-state index contributed by atoms with van der Waals surface area (Å²) in [5, 5.41) is 0. The zero-order chi connectivity index (χ0) is 18.4. The number of thioether (sulfide) groups is 1. The summed E-state index contributed by atoms with van der Waals surface area (Å²) in [7, 11) is 6.59. The maximum absolute atomic E-state index is 12.1. The summed E-state index contributed by atoms with van der Waals surface area (Å²) in [5.74, 6) is -0.102. The predicted octanol–water partition coefficient (Wildman–Crippen LogP) is -2.41. The fourth-order valence-corrected chi connectivity index (χ4v) is 2.15. The Labute approximate surface area is 178 Å². The molecule has 142 valence electrons. The Morgan fingerprint density at radius 1 is 0.800 bits per heavy atom. The molecular weight excluding hydrogens is 355 g/mol. The summed E-state index contributed by atoms with van der Waals surface area (Å²) in [6.45, 7) is 3.11. The maximum atomic E-state index is 12.1. The largest absolute Gasteiger partial charge is 1.00 e. The van der Waals surface area contributed by atoms with Crippen LogP contribution in [-0.2, 0) is 23.8 Å². The molecule has 0 N–H and O–H groups in total. The van der Waals surface area contributed by atoms with Gasteiger partial charge in [0.1, 0.15) is 5.92 Å². The standard InChI is InChI=1S/C16H32N2O5S.Na/c1-17(2)15(19)14(16(20)18(3)4)6-7-21-8-9-22-10-11-23-12-13-24-5;/h14H,6-13H2,1-5H3;/q;+1. The summed E-state index contributed by atoms with van der Waals surface area (Å²) in [6, 6.07) is 0. The molecular formula is C16H32N2NaO5S+. The summed E-state index contributed by atoms with van der Waals surface area (Å²) < 4.78 is 16.2. The van der Waals surface area contributed by atoms with Crippen molar-refractivity contribution in [3.63, 3.8) is 0 Å². The van der Waals surface area contributed by atoms with Crippen LogP contribution in [-0.4, -0.2) is 101 Å². The van der Waals surface area contributed by atoms with Crippen molar-refractivity contribution in [3.8, 4) is 0 Å². The summed E-state index contributed by atoms with van der Waals surface area (Å²) in [4.78, 5) is 27.0. The van der Waals surface area contributed by atoms with Gasteiger partial charge in [0.15, 0.2) is 0 Å². The fraction of sp³-hybridized carbons (Fsp3) is 0.875. The van der Waals surface area contributed by atoms with Crippen molar-refractivity contribution in [3.05, 3.63) is 0 Å². The topological polar surface area (TPSA) is 68.3 Å². The molecule has 0 rings (SSSR count). The van der Waals surface area contributed by atoms with Gasteiger partial charge in [0.05, 0.1) is 33.0 Å². The van der Waals surface area contributed by atoms with Crippen LogP contribution in [0.5, 0.6) is 0 Å². The first-order valence-electron chi connectivity index (χ1n) is 8.06. The average Bonchev–Trinajstić information content (AvgIpc) is 2.54. The van der Waals surface area contributed by atoms with Crippen molar-refractivity contribution in [2.24, 2.45) is 5.92 Å². The van der Waals surface area contributed by atoms with E-state index in [9.17, 15) is 9.59 Å². The molecule has 9 heteroatoms. The maximum Gasteiger partial charge on any atom is 1.00 e. The SMILES string of the molecule is CSCCOCCOCCOCCC(C(=O)N(C)C)C(=O)N(C)C.[Na+]. The molecule has 0 atom stereocenters. The Balaban J connectivity index is 0. The third kappa shape index (κ3) is 14.0. The van der Waals surface area contributed by atoms with E-state index < -0.39 is 5.92 Å². The van der Waals surface area contributed by atoms with Crippen LogP contribution >= 0.6 is 11.8 Å². The molecule has 7 nitrogen and oxygen atoms in total. The molecule has 0 aliphatic heterocycles. The van der Waals surface area contributed by atoms with E-state index in [0.29, 0.717) is 39.5 Å². The average molecular weight is 387 g/mol. The molecule has 0 radical (unpaired) electrons. The van der Waals surface area contributed by atoms with Crippen LogP contribution in [0.4, 0.5) is 0 Å². The molecule has 0 saturated heterocycles. The van der Waals surface area contributed by atoms with Gasteiger partial charge in [-0.1, -0.05) is 0 Å². The molecule has 0 unspecified atom stereocenters. The molecule has 0 heterocycles. The van der Waals surface area contributed by atoms with Crippen molar-refractivity contribution in [2.75, 3.05) is 79.8 Å². The van der Waals surface area contributed by atoms with Crippen molar-refractivity contribution in [2.45, 2.75) is 6.42 Å². The Kier molecular flexibility index (Phi) is 19.3. The van der Waals surface area contributed by atoms with E-state index in [4.69, 9.17) is 14.2 Å². The molecule has 0 aliphatic carbocycles. The first-order chi connectivity index (χ1) is 11.4. The van der Waals surface area contributed by atoms with Gasteiger partial charge in [0.25, 0.3) is 0 Å². The van der Waals surface area contributed by atoms with Crippen LogP contribution in [0.15, 0.2) is 0 Å². The third-order valence-electron chi connectivity index (χ3n) is 3.20. The zero-order valence-corrected chi connectivity index (χ0v) is 19.4. The van der Waals surface area contributed by atoms with E-state index in [2.05, 4.69) is 0 Å².